The summed E-state index contributed by atoms with van der Waals surface area (Å²) in [5, 5.41) is 13.2. The number of H-pyrrole nitrogens is 1. The molecule has 0 aliphatic carbocycles. The highest BCUT2D eigenvalue weighted by Crippen LogP contribution is 2.12. The Morgan fingerprint density at radius 3 is 2.76 bits per heavy atom. The minimum absolute atomic E-state index is 0.279. The van der Waals surface area contributed by atoms with Crippen molar-refractivity contribution in [2.24, 2.45) is 0 Å². The van der Waals surface area contributed by atoms with Gasteiger partial charge in [-0.2, -0.15) is 10.2 Å². The number of benzene rings is 1. The van der Waals surface area contributed by atoms with Gasteiger partial charge in [0.15, 0.2) is 0 Å². The fourth-order valence-electron chi connectivity index (χ4n) is 1.93. The predicted octanol–water partition coefficient (Wildman–Crippen LogP) is 1.49. The zero-order valence-electron chi connectivity index (χ0n) is 11.2. The molecule has 7 nitrogen and oxygen atoms in total. The van der Waals surface area contributed by atoms with Crippen LogP contribution in [0.4, 0.5) is 11.5 Å². The number of nitrogen functional groups attached to an aromatic ring is 1. The lowest BCUT2D eigenvalue weighted by Crippen LogP contribution is -2.12. The van der Waals surface area contributed by atoms with Crippen LogP contribution in [0.25, 0.3) is 0 Å². The van der Waals surface area contributed by atoms with Crippen LogP contribution in [0.15, 0.2) is 48.8 Å². The van der Waals surface area contributed by atoms with Gasteiger partial charge in [-0.05, 0) is 23.8 Å². The highest BCUT2D eigenvalue weighted by Gasteiger charge is 2.08. The van der Waals surface area contributed by atoms with Crippen molar-refractivity contribution in [1.29, 1.82) is 0 Å². The molecule has 106 valence electrons. The van der Waals surface area contributed by atoms with Crippen LogP contribution in [0.5, 0.6) is 0 Å². The summed E-state index contributed by atoms with van der Waals surface area (Å²) in [4.78, 5) is 11.9. The molecular formula is C14H14N6O. The Bertz CT molecular complexity index is 729. The van der Waals surface area contributed by atoms with Crippen molar-refractivity contribution in [3.05, 3.63) is 60.0 Å². The van der Waals surface area contributed by atoms with Gasteiger partial charge in [-0.3, -0.25) is 14.6 Å². The Labute approximate surface area is 120 Å². The molecule has 21 heavy (non-hydrogen) atoms. The van der Waals surface area contributed by atoms with Crippen molar-refractivity contribution in [3.8, 4) is 0 Å². The van der Waals surface area contributed by atoms with Crippen molar-refractivity contribution in [2.75, 3.05) is 11.1 Å². The maximum Gasteiger partial charge on any atom is 0.273 e. The van der Waals surface area contributed by atoms with Gasteiger partial charge in [-0.15, -0.1) is 0 Å². The van der Waals surface area contributed by atoms with Gasteiger partial charge in [0.05, 0.1) is 6.54 Å². The van der Waals surface area contributed by atoms with Crippen molar-refractivity contribution in [3.63, 3.8) is 0 Å². The Kier molecular flexibility index (Phi) is 3.38. The molecule has 0 saturated carbocycles. The number of aromatic amines is 1. The molecule has 0 saturated heterocycles. The number of hydrogen-bond acceptors (Lipinski definition) is 4. The second-order valence-corrected chi connectivity index (χ2v) is 4.56. The van der Waals surface area contributed by atoms with Gasteiger partial charge in [-0.25, -0.2) is 0 Å². The molecule has 0 aliphatic rings. The topological polar surface area (TPSA) is 102 Å². The van der Waals surface area contributed by atoms with Gasteiger partial charge in [0.2, 0.25) is 0 Å². The SMILES string of the molecule is Nc1cc(C(=O)Nc2ccc(Cn3cccn3)cc2)[nH]n1. The van der Waals surface area contributed by atoms with Crippen LogP contribution < -0.4 is 11.1 Å². The highest BCUT2D eigenvalue weighted by atomic mass is 16.1. The van der Waals surface area contributed by atoms with Gasteiger partial charge in [0, 0.05) is 24.1 Å². The Morgan fingerprint density at radius 2 is 2.14 bits per heavy atom. The average molecular weight is 282 g/mol. The fourth-order valence-corrected chi connectivity index (χ4v) is 1.93. The van der Waals surface area contributed by atoms with E-state index >= 15 is 0 Å². The van der Waals surface area contributed by atoms with Gasteiger partial charge < -0.3 is 11.1 Å². The summed E-state index contributed by atoms with van der Waals surface area (Å²) >= 11 is 0. The summed E-state index contributed by atoms with van der Waals surface area (Å²) in [7, 11) is 0. The number of nitrogens with two attached hydrogens (primary N) is 1. The first-order valence-electron chi connectivity index (χ1n) is 6.39. The standard InChI is InChI=1S/C14H14N6O/c15-13-8-12(18-19-13)14(21)17-11-4-2-10(3-5-11)9-20-7-1-6-16-20/h1-8H,9H2,(H,17,21)(H3,15,18,19). The van der Waals surface area contributed by atoms with E-state index in [4.69, 9.17) is 5.73 Å². The average Bonchev–Trinajstić information content (AvgIpc) is 3.12. The summed E-state index contributed by atoms with van der Waals surface area (Å²) in [6, 6.07) is 10.9. The van der Waals surface area contributed by atoms with E-state index in [2.05, 4.69) is 20.6 Å². The lowest BCUT2D eigenvalue weighted by atomic mass is 10.2. The van der Waals surface area contributed by atoms with E-state index in [1.54, 1.807) is 6.20 Å². The van der Waals surface area contributed by atoms with Crippen molar-refractivity contribution < 1.29 is 4.79 Å². The van der Waals surface area contributed by atoms with Crippen molar-refractivity contribution >= 4 is 17.4 Å². The monoisotopic (exact) mass is 282 g/mol. The summed E-state index contributed by atoms with van der Waals surface area (Å²) < 4.78 is 1.83. The Morgan fingerprint density at radius 1 is 1.33 bits per heavy atom. The number of aromatic nitrogens is 4. The van der Waals surface area contributed by atoms with Gasteiger partial charge in [0.25, 0.3) is 5.91 Å². The molecule has 1 amide bonds. The van der Waals surface area contributed by atoms with E-state index in [-0.39, 0.29) is 11.7 Å². The summed E-state index contributed by atoms with van der Waals surface area (Å²) in [6.07, 6.45) is 3.64. The number of amides is 1. The van der Waals surface area contributed by atoms with Gasteiger partial charge >= 0.3 is 0 Å². The third-order valence-corrected chi connectivity index (χ3v) is 2.96. The third kappa shape index (κ3) is 3.08. The van der Waals surface area contributed by atoms with E-state index in [9.17, 15) is 4.79 Å². The number of carbonyl (C=O) groups excluding carboxylic acids is 1. The van der Waals surface area contributed by atoms with Crippen LogP contribution in [0, 0.1) is 0 Å². The molecule has 0 radical (unpaired) electrons. The molecular weight excluding hydrogens is 268 g/mol. The molecule has 3 aromatic rings. The third-order valence-electron chi connectivity index (χ3n) is 2.96. The van der Waals surface area contributed by atoms with E-state index in [0.717, 1.165) is 5.56 Å². The molecule has 2 heterocycles. The lowest BCUT2D eigenvalue weighted by molar-refractivity contribution is 0.102. The van der Waals surface area contributed by atoms with Gasteiger partial charge in [0.1, 0.15) is 11.5 Å². The molecule has 0 spiro atoms. The second kappa shape index (κ2) is 5.49. The molecule has 1 aromatic carbocycles. The fraction of sp³-hybridized carbons (Fsp3) is 0.0714. The summed E-state index contributed by atoms with van der Waals surface area (Å²) in [5.41, 5.74) is 7.60. The number of carbonyl (C=O) groups is 1. The van der Waals surface area contributed by atoms with Crippen LogP contribution in [0.2, 0.25) is 0 Å². The van der Waals surface area contributed by atoms with E-state index in [1.807, 2.05) is 41.2 Å². The summed E-state index contributed by atoms with van der Waals surface area (Å²) in [5.74, 6) is 0.00810. The molecule has 0 aliphatic heterocycles. The lowest BCUT2D eigenvalue weighted by Gasteiger charge is -2.06. The zero-order chi connectivity index (χ0) is 14.7. The Balaban J connectivity index is 1.65. The molecule has 0 unspecified atom stereocenters. The molecule has 0 atom stereocenters. The van der Waals surface area contributed by atoms with E-state index in [1.165, 1.54) is 6.07 Å². The first-order chi connectivity index (χ1) is 10.2. The van der Waals surface area contributed by atoms with Gasteiger partial charge in [-0.1, -0.05) is 12.1 Å². The first-order valence-corrected chi connectivity index (χ1v) is 6.39. The maximum absolute atomic E-state index is 11.9. The van der Waals surface area contributed by atoms with E-state index in [0.29, 0.717) is 17.9 Å². The molecule has 0 bridgehead atoms. The first kappa shape index (κ1) is 12.9. The highest BCUT2D eigenvalue weighted by molar-refractivity contribution is 6.03. The largest absolute Gasteiger partial charge is 0.382 e. The van der Waals surface area contributed by atoms with Crippen LogP contribution in [-0.4, -0.2) is 25.9 Å². The van der Waals surface area contributed by atoms with Crippen LogP contribution >= 0.6 is 0 Å². The quantitative estimate of drug-likeness (QED) is 0.674. The molecule has 3 rings (SSSR count). The molecule has 0 fully saturated rings. The molecule has 4 N–H and O–H groups in total. The number of anilines is 2. The smallest absolute Gasteiger partial charge is 0.273 e. The predicted molar refractivity (Wildman–Crippen MR) is 78.7 cm³/mol. The van der Waals surface area contributed by atoms with Crippen LogP contribution in [-0.2, 0) is 6.54 Å². The van der Waals surface area contributed by atoms with Crippen LogP contribution in [0.3, 0.4) is 0 Å². The number of nitrogens with zero attached hydrogens (tertiary/aromatic N) is 3. The number of rotatable bonds is 4. The Hall–Kier alpha value is -3.09. The van der Waals surface area contributed by atoms with Crippen LogP contribution in [0.1, 0.15) is 16.1 Å². The van der Waals surface area contributed by atoms with Crippen molar-refractivity contribution in [1.82, 2.24) is 20.0 Å². The number of nitrogens with one attached hydrogen (secondary N) is 2. The maximum atomic E-state index is 11.9. The van der Waals surface area contributed by atoms with Crippen molar-refractivity contribution in [2.45, 2.75) is 6.54 Å². The second-order valence-electron chi connectivity index (χ2n) is 4.56. The number of hydrogen-bond donors (Lipinski definition) is 3. The summed E-state index contributed by atoms with van der Waals surface area (Å²) in [6.45, 7) is 0.693. The molecule has 2 aromatic heterocycles. The normalized spacial score (nSPS) is 10.5. The molecule has 7 heteroatoms. The van der Waals surface area contributed by atoms with E-state index < -0.39 is 0 Å². The minimum atomic E-state index is -0.279. The zero-order valence-corrected chi connectivity index (χ0v) is 11.2. The minimum Gasteiger partial charge on any atom is -0.382 e.